The van der Waals surface area contributed by atoms with Crippen molar-refractivity contribution in [2.75, 3.05) is 0 Å². The van der Waals surface area contributed by atoms with E-state index in [0.29, 0.717) is 30.2 Å². The van der Waals surface area contributed by atoms with Crippen LogP contribution in [-0.4, -0.2) is 30.3 Å². The van der Waals surface area contributed by atoms with Gasteiger partial charge >= 0.3 is 0 Å². The third-order valence-electron chi connectivity index (χ3n) is 3.85. The highest BCUT2D eigenvalue weighted by atomic mass is 19.1. The Hall–Kier alpha value is -2.96. The molecule has 0 aliphatic rings. The first kappa shape index (κ1) is 16.9. The van der Waals surface area contributed by atoms with E-state index in [0.717, 1.165) is 17.7 Å². The molecule has 0 aliphatic carbocycles. The van der Waals surface area contributed by atoms with Crippen LogP contribution in [0.3, 0.4) is 0 Å². The highest BCUT2D eigenvalue weighted by Crippen LogP contribution is 2.19. The Morgan fingerprint density at radius 2 is 2.08 bits per heavy atom. The van der Waals surface area contributed by atoms with Gasteiger partial charge in [0, 0.05) is 24.9 Å². The molecule has 0 unspecified atom stereocenters. The van der Waals surface area contributed by atoms with Gasteiger partial charge in [-0.25, -0.2) is 19.9 Å². The summed E-state index contributed by atoms with van der Waals surface area (Å²) < 4.78 is 15.3. The van der Waals surface area contributed by atoms with E-state index in [4.69, 9.17) is 0 Å². The summed E-state index contributed by atoms with van der Waals surface area (Å²) in [5.41, 5.74) is 2.52. The number of nitrogens with zero attached hydrogens (tertiary/aromatic N) is 5. The molecule has 3 heterocycles. The fourth-order valence-corrected chi connectivity index (χ4v) is 2.77. The number of hydrogen-bond donors (Lipinski definition) is 0. The number of hydrogen-bond acceptors (Lipinski definition) is 5. The lowest BCUT2D eigenvalue weighted by Gasteiger charge is -2.13. The van der Waals surface area contributed by atoms with Crippen LogP contribution in [0.25, 0.3) is 11.5 Å². The van der Waals surface area contributed by atoms with Gasteiger partial charge in [0.15, 0.2) is 11.6 Å². The van der Waals surface area contributed by atoms with E-state index in [1.807, 2.05) is 11.5 Å². The van der Waals surface area contributed by atoms with Gasteiger partial charge in [0.1, 0.15) is 17.7 Å². The van der Waals surface area contributed by atoms with Gasteiger partial charge in [0.25, 0.3) is 0 Å². The summed E-state index contributed by atoms with van der Waals surface area (Å²) >= 11 is 0. The highest BCUT2D eigenvalue weighted by Gasteiger charge is 2.16. The van der Waals surface area contributed by atoms with E-state index in [1.165, 1.54) is 19.3 Å². The fraction of sp³-hybridized carbons (Fsp3) is 0.278. The topological polar surface area (TPSA) is 73.6 Å². The molecule has 3 aromatic heterocycles. The van der Waals surface area contributed by atoms with Crippen molar-refractivity contribution in [2.24, 2.45) is 0 Å². The van der Waals surface area contributed by atoms with Crippen molar-refractivity contribution in [1.29, 1.82) is 0 Å². The van der Waals surface area contributed by atoms with E-state index < -0.39 is 5.95 Å². The van der Waals surface area contributed by atoms with Crippen molar-refractivity contribution in [3.63, 3.8) is 0 Å². The molecular formula is C18H18FN5O. The van der Waals surface area contributed by atoms with Gasteiger partial charge in [-0.15, -0.1) is 0 Å². The smallest absolute Gasteiger partial charge is 0.213 e. The zero-order chi connectivity index (χ0) is 17.8. The molecule has 0 amide bonds. The molecule has 3 aromatic rings. The zero-order valence-electron chi connectivity index (χ0n) is 14.1. The minimum Gasteiger partial charge on any atom is -0.324 e. The number of Topliss-reactive ketones (excluding diaryl/α,β-unsaturated/α-hetero) is 1. The maximum Gasteiger partial charge on any atom is 0.213 e. The first-order valence-corrected chi connectivity index (χ1v) is 8.08. The second kappa shape index (κ2) is 7.29. The monoisotopic (exact) mass is 339 g/mol. The maximum atomic E-state index is 13.4. The largest absolute Gasteiger partial charge is 0.324 e. The number of aromatic nitrogens is 5. The van der Waals surface area contributed by atoms with Gasteiger partial charge in [-0.05, 0) is 18.6 Å². The van der Waals surface area contributed by atoms with Crippen molar-refractivity contribution in [1.82, 2.24) is 24.5 Å². The van der Waals surface area contributed by atoms with Crippen LogP contribution in [0.2, 0.25) is 0 Å². The molecule has 3 rings (SSSR count). The summed E-state index contributed by atoms with van der Waals surface area (Å²) in [5, 5.41) is 0. The first-order chi connectivity index (χ1) is 12.1. The molecule has 0 aromatic carbocycles. The molecule has 0 aliphatic heterocycles. The van der Waals surface area contributed by atoms with Crippen LogP contribution < -0.4 is 0 Å². The summed E-state index contributed by atoms with van der Waals surface area (Å²) in [6, 6.07) is 4.59. The van der Waals surface area contributed by atoms with Crippen LogP contribution in [0.4, 0.5) is 4.39 Å². The fourth-order valence-electron chi connectivity index (χ4n) is 2.77. The molecule has 0 saturated carbocycles. The van der Waals surface area contributed by atoms with Crippen molar-refractivity contribution in [3.05, 3.63) is 59.8 Å². The normalized spacial score (nSPS) is 10.8. The predicted octanol–water partition coefficient (Wildman–Crippen LogP) is 3.08. The third-order valence-corrected chi connectivity index (χ3v) is 3.85. The Bertz CT molecular complexity index is 906. The highest BCUT2D eigenvalue weighted by molar-refractivity contribution is 5.93. The van der Waals surface area contributed by atoms with E-state index in [9.17, 15) is 9.18 Å². The Kier molecular flexibility index (Phi) is 4.92. The lowest BCUT2D eigenvalue weighted by molar-refractivity contribution is 0.101. The van der Waals surface area contributed by atoms with E-state index in [-0.39, 0.29) is 5.78 Å². The Morgan fingerprint density at radius 1 is 1.24 bits per heavy atom. The number of rotatable bonds is 6. The molecule has 0 atom stereocenters. The summed E-state index contributed by atoms with van der Waals surface area (Å²) in [4.78, 5) is 28.5. The van der Waals surface area contributed by atoms with Gasteiger partial charge in [-0.1, -0.05) is 19.4 Å². The molecule has 128 valence electrons. The standard InChI is InChI=1S/C18H18FN5O/c1-3-5-13-15(21-11-22-17(13)12(2)25)10-24-9-8-20-18(24)14-6-4-7-16(19)23-14/h4,6-9,11H,3,5,10H2,1-2H3. The molecule has 0 N–H and O–H groups in total. The number of halogens is 1. The summed E-state index contributed by atoms with van der Waals surface area (Å²) in [7, 11) is 0. The number of carbonyl (C=O) groups is 1. The molecule has 0 bridgehead atoms. The van der Waals surface area contributed by atoms with Gasteiger partial charge in [-0.3, -0.25) is 4.79 Å². The van der Waals surface area contributed by atoms with Crippen molar-refractivity contribution in [2.45, 2.75) is 33.2 Å². The van der Waals surface area contributed by atoms with Crippen molar-refractivity contribution >= 4 is 5.78 Å². The number of ketones is 1. The lowest BCUT2D eigenvalue weighted by Crippen LogP contribution is -2.12. The predicted molar refractivity (Wildman–Crippen MR) is 90.5 cm³/mol. The Balaban J connectivity index is 2.01. The minimum atomic E-state index is -0.556. The molecular weight excluding hydrogens is 321 g/mol. The van der Waals surface area contributed by atoms with Crippen LogP contribution in [-0.2, 0) is 13.0 Å². The van der Waals surface area contributed by atoms with Gasteiger partial charge in [0.2, 0.25) is 5.95 Å². The number of pyridine rings is 1. The Labute approximate surface area is 144 Å². The van der Waals surface area contributed by atoms with Crippen molar-refractivity contribution < 1.29 is 9.18 Å². The van der Waals surface area contributed by atoms with Gasteiger partial charge < -0.3 is 4.57 Å². The van der Waals surface area contributed by atoms with Crippen LogP contribution in [0.15, 0.2) is 36.9 Å². The van der Waals surface area contributed by atoms with Crippen molar-refractivity contribution in [3.8, 4) is 11.5 Å². The number of carbonyl (C=O) groups excluding carboxylic acids is 1. The van der Waals surface area contributed by atoms with Crippen LogP contribution in [0, 0.1) is 5.95 Å². The summed E-state index contributed by atoms with van der Waals surface area (Å²) in [6.45, 7) is 3.95. The van der Waals surface area contributed by atoms with Gasteiger partial charge in [0.05, 0.1) is 12.2 Å². The Morgan fingerprint density at radius 3 is 2.80 bits per heavy atom. The third kappa shape index (κ3) is 3.60. The molecule has 0 spiro atoms. The van der Waals surface area contributed by atoms with E-state index >= 15 is 0 Å². The second-order valence-corrected chi connectivity index (χ2v) is 5.68. The molecule has 6 nitrogen and oxygen atoms in total. The van der Waals surface area contributed by atoms with Crippen LogP contribution >= 0.6 is 0 Å². The first-order valence-electron chi connectivity index (χ1n) is 8.08. The zero-order valence-corrected chi connectivity index (χ0v) is 14.1. The minimum absolute atomic E-state index is 0.0789. The molecule has 0 fully saturated rings. The molecule has 7 heteroatoms. The molecule has 0 saturated heterocycles. The van der Waals surface area contributed by atoms with Gasteiger partial charge in [-0.2, -0.15) is 4.39 Å². The van der Waals surface area contributed by atoms with E-state index in [1.54, 1.807) is 24.5 Å². The maximum absolute atomic E-state index is 13.4. The average molecular weight is 339 g/mol. The SMILES string of the molecule is CCCc1c(Cn2ccnc2-c2cccc(F)n2)ncnc1C(C)=O. The molecule has 25 heavy (non-hydrogen) atoms. The quantitative estimate of drug-likeness (QED) is 0.510. The lowest BCUT2D eigenvalue weighted by atomic mass is 10.0. The average Bonchev–Trinajstić information content (AvgIpc) is 3.04. The summed E-state index contributed by atoms with van der Waals surface area (Å²) in [6.07, 6.45) is 6.42. The number of imidazole rings is 1. The van der Waals surface area contributed by atoms with E-state index in [2.05, 4.69) is 19.9 Å². The second-order valence-electron chi connectivity index (χ2n) is 5.68. The van der Waals surface area contributed by atoms with Crippen LogP contribution in [0.5, 0.6) is 0 Å². The molecule has 0 radical (unpaired) electrons. The summed E-state index contributed by atoms with van der Waals surface area (Å²) in [5.74, 6) is -0.0886. The van der Waals surface area contributed by atoms with Crippen LogP contribution in [0.1, 0.15) is 42.0 Å².